The van der Waals surface area contributed by atoms with E-state index in [4.69, 9.17) is 0 Å². The number of hydrogen-bond donors (Lipinski definition) is 1. The summed E-state index contributed by atoms with van der Waals surface area (Å²) in [6.07, 6.45) is 5.43. The van der Waals surface area contributed by atoms with Gasteiger partial charge < -0.3 is 5.32 Å². The topological polar surface area (TPSA) is 24.9 Å². The molecule has 19 heavy (non-hydrogen) atoms. The molecular formula is C16H22N2S. The summed E-state index contributed by atoms with van der Waals surface area (Å²) in [6.45, 7) is 5.35. The molecule has 0 fully saturated rings. The van der Waals surface area contributed by atoms with Crippen molar-refractivity contribution in [1.82, 2.24) is 10.3 Å². The average molecular weight is 274 g/mol. The van der Waals surface area contributed by atoms with Gasteiger partial charge in [0.25, 0.3) is 0 Å². The second kappa shape index (κ2) is 7.41. The van der Waals surface area contributed by atoms with Crippen molar-refractivity contribution in [2.24, 2.45) is 0 Å². The highest BCUT2D eigenvalue weighted by molar-refractivity contribution is 7.11. The second-order valence-electron chi connectivity index (χ2n) is 4.81. The van der Waals surface area contributed by atoms with E-state index in [1.807, 2.05) is 17.5 Å². The van der Waals surface area contributed by atoms with Crippen LogP contribution in [0.3, 0.4) is 0 Å². The third-order valence-electron chi connectivity index (χ3n) is 3.19. The van der Waals surface area contributed by atoms with Gasteiger partial charge in [-0.25, -0.2) is 4.98 Å². The Kier molecular flexibility index (Phi) is 5.55. The SMILES string of the molecule is CCCNC(CCc1ccccc1)c1cnc(C)s1. The van der Waals surface area contributed by atoms with Gasteiger partial charge in [0, 0.05) is 17.1 Å². The molecular weight excluding hydrogens is 252 g/mol. The minimum Gasteiger partial charge on any atom is -0.309 e. The van der Waals surface area contributed by atoms with Crippen molar-refractivity contribution in [3.8, 4) is 0 Å². The first-order chi connectivity index (χ1) is 9.29. The maximum absolute atomic E-state index is 4.38. The van der Waals surface area contributed by atoms with Crippen molar-refractivity contribution < 1.29 is 0 Å². The molecule has 0 bridgehead atoms. The number of benzene rings is 1. The van der Waals surface area contributed by atoms with Crippen molar-refractivity contribution in [2.75, 3.05) is 6.54 Å². The molecule has 0 aliphatic heterocycles. The lowest BCUT2D eigenvalue weighted by atomic mass is 10.0. The van der Waals surface area contributed by atoms with Gasteiger partial charge in [-0.2, -0.15) is 0 Å². The van der Waals surface area contributed by atoms with E-state index in [0.717, 1.165) is 24.4 Å². The third-order valence-corrected chi connectivity index (χ3v) is 4.21. The van der Waals surface area contributed by atoms with Crippen molar-refractivity contribution in [1.29, 1.82) is 0 Å². The molecule has 1 unspecified atom stereocenters. The third kappa shape index (κ3) is 4.44. The molecule has 0 aliphatic rings. The lowest BCUT2D eigenvalue weighted by molar-refractivity contribution is 0.505. The normalized spacial score (nSPS) is 12.5. The Bertz CT molecular complexity index is 479. The van der Waals surface area contributed by atoms with Crippen LogP contribution in [0, 0.1) is 6.92 Å². The van der Waals surface area contributed by atoms with Crippen LogP contribution >= 0.6 is 11.3 Å². The zero-order valence-corrected chi connectivity index (χ0v) is 12.5. The van der Waals surface area contributed by atoms with Gasteiger partial charge in [-0.15, -0.1) is 11.3 Å². The number of aromatic nitrogens is 1. The smallest absolute Gasteiger partial charge is 0.0897 e. The second-order valence-corrected chi connectivity index (χ2v) is 6.08. The molecule has 1 atom stereocenters. The Morgan fingerprint density at radius 3 is 2.68 bits per heavy atom. The van der Waals surface area contributed by atoms with Crippen LogP contribution in [0.2, 0.25) is 0 Å². The summed E-state index contributed by atoms with van der Waals surface area (Å²) in [5.74, 6) is 0. The summed E-state index contributed by atoms with van der Waals surface area (Å²) in [5, 5.41) is 4.79. The molecule has 0 radical (unpaired) electrons. The average Bonchev–Trinajstić information content (AvgIpc) is 2.86. The first-order valence-corrected chi connectivity index (χ1v) is 7.81. The molecule has 1 aromatic carbocycles. The number of aryl methyl sites for hydroxylation is 2. The van der Waals surface area contributed by atoms with E-state index < -0.39 is 0 Å². The van der Waals surface area contributed by atoms with Crippen LogP contribution < -0.4 is 5.32 Å². The molecule has 0 aliphatic carbocycles. The lowest BCUT2D eigenvalue weighted by Gasteiger charge is -2.16. The number of nitrogens with one attached hydrogen (secondary N) is 1. The molecule has 0 saturated carbocycles. The van der Waals surface area contributed by atoms with E-state index in [9.17, 15) is 0 Å². The van der Waals surface area contributed by atoms with Crippen molar-refractivity contribution >= 4 is 11.3 Å². The minimum absolute atomic E-state index is 0.436. The Hall–Kier alpha value is -1.19. The van der Waals surface area contributed by atoms with Crippen LogP contribution in [0.4, 0.5) is 0 Å². The molecule has 1 heterocycles. The van der Waals surface area contributed by atoms with Crippen molar-refractivity contribution in [3.63, 3.8) is 0 Å². The van der Waals surface area contributed by atoms with Gasteiger partial charge in [0.15, 0.2) is 0 Å². The predicted molar refractivity (Wildman–Crippen MR) is 82.6 cm³/mol. The molecule has 2 rings (SSSR count). The van der Waals surface area contributed by atoms with E-state index in [1.54, 1.807) is 0 Å². The fourth-order valence-corrected chi connectivity index (χ4v) is 3.05. The Balaban J connectivity index is 1.98. The summed E-state index contributed by atoms with van der Waals surface area (Å²) in [4.78, 5) is 5.74. The first kappa shape index (κ1) is 14.2. The van der Waals surface area contributed by atoms with E-state index in [2.05, 4.69) is 54.5 Å². The quantitative estimate of drug-likeness (QED) is 0.821. The van der Waals surface area contributed by atoms with Crippen LogP contribution in [0.25, 0.3) is 0 Å². The van der Waals surface area contributed by atoms with E-state index in [-0.39, 0.29) is 0 Å². The Labute approximate surface area is 119 Å². The molecule has 0 spiro atoms. The van der Waals surface area contributed by atoms with Crippen LogP contribution in [0.5, 0.6) is 0 Å². The number of rotatable bonds is 7. The molecule has 1 aromatic heterocycles. The Morgan fingerprint density at radius 1 is 1.26 bits per heavy atom. The molecule has 0 amide bonds. The number of thiazole rings is 1. The van der Waals surface area contributed by atoms with Crippen molar-refractivity contribution in [2.45, 2.75) is 39.2 Å². The minimum atomic E-state index is 0.436. The fraction of sp³-hybridized carbons (Fsp3) is 0.438. The zero-order chi connectivity index (χ0) is 13.5. The lowest BCUT2D eigenvalue weighted by Crippen LogP contribution is -2.21. The van der Waals surface area contributed by atoms with Crippen LogP contribution in [-0.2, 0) is 6.42 Å². The zero-order valence-electron chi connectivity index (χ0n) is 11.7. The number of nitrogens with zero attached hydrogens (tertiary/aromatic N) is 1. The molecule has 0 saturated heterocycles. The van der Waals surface area contributed by atoms with Crippen LogP contribution in [0.15, 0.2) is 36.5 Å². The maximum Gasteiger partial charge on any atom is 0.0897 e. The summed E-state index contributed by atoms with van der Waals surface area (Å²) >= 11 is 1.81. The van der Waals surface area contributed by atoms with E-state index >= 15 is 0 Å². The van der Waals surface area contributed by atoms with Gasteiger partial charge in [-0.3, -0.25) is 0 Å². The summed E-state index contributed by atoms with van der Waals surface area (Å²) in [6, 6.07) is 11.1. The van der Waals surface area contributed by atoms with Crippen LogP contribution in [0.1, 0.15) is 41.3 Å². The largest absolute Gasteiger partial charge is 0.309 e. The van der Waals surface area contributed by atoms with Gasteiger partial charge in [0.05, 0.1) is 5.01 Å². The molecule has 1 N–H and O–H groups in total. The number of hydrogen-bond acceptors (Lipinski definition) is 3. The van der Waals surface area contributed by atoms with Gasteiger partial charge in [-0.05, 0) is 38.3 Å². The first-order valence-electron chi connectivity index (χ1n) is 6.99. The standard InChI is InChI=1S/C16H22N2S/c1-3-11-17-15(16-12-18-13(2)19-16)10-9-14-7-5-4-6-8-14/h4-8,12,15,17H,3,9-11H2,1-2H3. The summed E-state index contributed by atoms with van der Waals surface area (Å²) in [5.41, 5.74) is 1.41. The highest BCUT2D eigenvalue weighted by atomic mass is 32.1. The highest BCUT2D eigenvalue weighted by Gasteiger charge is 2.13. The van der Waals surface area contributed by atoms with E-state index in [0.29, 0.717) is 6.04 Å². The monoisotopic (exact) mass is 274 g/mol. The van der Waals surface area contributed by atoms with Gasteiger partial charge in [-0.1, -0.05) is 37.3 Å². The molecule has 2 aromatic rings. The summed E-state index contributed by atoms with van der Waals surface area (Å²) in [7, 11) is 0. The molecule has 102 valence electrons. The summed E-state index contributed by atoms with van der Waals surface area (Å²) < 4.78 is 0. The van der Waals surface area contributed by atoms with E-state index in [1.165, 1.54) is 16.9 Å². The van der Waals surface area contributed by atoms with Gasteiger partial charge in [0.2, 0.25) is 0 Å². The van der Waals surface area contributed by atoms with Gasteiger partial charge >= 0.3 is 0 Å². The van der Waals surface area contributed by atoms with Crippen molar-refractivity contribution in [3.05, 3.63) is 52.0 Å². The molecule has 3 heteroatoms. The fourth-order valence-electron chi connectivity index (χ4n) is 2.16. The predicted octanol–water partition coefficient (Wildman–Crippen LogP) is 4.13. The van der Waals surface area contributed by atoms with Crippen LogP contribution in [-0.4, -0.2) is 11.5 Å². The maximum atomic E-state index is 4.38. The molecule has 2 nitrogen and oxygen atoms in total. The van der Waals surface area contributed by atoms with Gasteiger partial charge in [0.1, 0.15) is 0 Å². The highest BCUT2D eigenvalue weighted by Crippen LogP contribution is 2.24. The Morgan fingerprint density at radius 2 is 2.05 bits per heavy atom.